The van der Waals surface area contributed by atoms with E-state index in [0.717, 1.165) is 24.8 Å². The highest BCUT2D eigenvalue weighted by Crippen LogP contribution is 2.21. The van der Waals surface area contributed by atoms with E-state index in [-0.39, 0.29) is 6.04 Å². The van der Waals surface area contributed by atoms with E-state index < -0.39 is 0 Å². The Balaban J connectivity index is 2.76. The van der Waals surface area contributed by atoms with Gasteiger partial charge in [0, 0.05) is 4.91 Å². The molecule has 11 heavy (non-hydrogen) atoms. The number of allylic oxidation sites excluding steroid dienone is 1. The van der Waals surface area contributed by atoms with Crippen molar-refractivity contribution >= 4 is 0 Å². The van der Waals surface area contributed by atoms with E-state index in [4.69, 9.17) is 5.53 Å². The third-order valence-electron chi connectivity index (χ3n) is 1.87. The van der Waals surface area contributed by atoms with Crippen LogP contribution in [0.1, 0.15) is 19.3 Å². The number of hydrogen-bond acceptors (Lipinski definition) is 1. The van der Waals surface area contributed by atoms with E-state index in [0.29, 0.717) is 0 Å². The van der Waals surface area contributed by atoms with Gasteiger partial charge in [0.1, 0.15) is 0 Å². The second kappa shape index (κ2) is 3.84. The third-order valence-corrected chi connectivity index (χ3v) is 1.87. The summed E-state index contributed by atoms with van der Waals surface area (Å²) in [5.41, 5.74) is 9.31. The zero-order valence-electron chi connectivity index (χ0n) is 6.40. The van der Waals surface area contributed by atoms with Crippen molar-refractivity contribution < 1.29 is 0 Å². The minimum absolute atomic E-state index is 0.0336. The normalized spacial score (nSPS) is 23.3. The van der Waals surface area contributed by atoms with E-state index >= 15 is 0 Å². The molecule has 0 aromatic carbocycles. The largest absolute Gasteiger partial charge is 0.0988 e. The summed E-state index contributed by atoms with van der Waals surface area (Å²) in [5.74, 6) is 0. The van der Waals surface area contributed by atoms with Crippen molar-refractivity contribution in [3.05, 3.63) is 34.7 Å². The first kappa shape index (κ1) is 7.89. The molecule has 3 nitrogen and oxygen atoms in total. The highest BCUT2D eigenvalue weighted by atomic mass is 15.1. The predicted octanol–water partition coefficient (Wildman–Crippen LogP) is 2.96. The predicted molar refractivity (Wildman–Crippen MR) is 45.1 cm³/mol. The minimum atomic E-state index is 0.0336. The van der Waals surface area contributed by atoms with E-state index in [1.807, 2.05) is 0 Å². The molecular weight excluding hydrogens is 138 g/mol. The maximum Gasteiger partial charge on any atom is 0.0622 e. The van der Waals surface area contributed by atoms with Crippen LogP contribution in [-0.2, 0) is 0 Å². The monoisotopic (exact) mass is 149 g/mol. The average molecular weight is 149 g/mol. The Kier molecular flexibility index (Phi) is 2.75. The summed E-state index contributed by atoms with van der Waals surface area (Å²) in [4.78, 5) is 2.79. The molecule has 0 N–H and O–H groups in total. The summed E-state index contributed by atoms with van der Waals surface area (Å²) in [7, 11) is 0. The van der Waals surface area contributed by atoms with Gasteiger partial charge in [0.2, 0.25) is 0 Å². The lowest BCUT2D eigenvalue weighted by Crippen LogP contribution is -2.09. The molecule has 1 atom stereocenters. The first-order valence-corrected chi connectivity index (χ1v) is 3.75. The standard InChI is InChI=1S/C8H11N3/c1-2-7-5-3-4-6-8(7)10-11-9/h2,5,8H,1,3-4,6H2. The average Bonchev–Trinajstić information content (AvgIpc) is 2.06. The molecule has 0 aliphatic heterocycles. The molecule has 58 valence electrons. The lowest BCUT2D eigenvalue weighted by molar-refractivity contribution is 0.623. The molecule has 0 fully saturated rings. The van der Waals surface area contributed by atoms with Crippen molar-refractivity contribution in [2.24, 2.45) is 5.11 Å². The summed E-state index contributed by atoms with van der Waals surface area (Å²) in [6.45, 7) is 3.67. The summed E-state index contributed by atoms with van der Waals surface area (Å²) in [5, 5.41) is 3.68. The molecule has 0 saturated carbocycles. The van der Waals surface area contributed by atoms with Crippen molar-refractivity contribution in [2.45, 2.75) is 25.3 Å². The van der Waals surface area contributed by atoms with E-state index in [2.05, 4.69) is 22.7 Å². The maximum absolute atomic E-state index is 8.23. The Bertz CT molecular complexity index is 223. The topological polar surface area (TPSA) is 48.8 Å². The van der Waals surface area contributed by atoms with Gasteiger partial charge in [-0.1, -0.05) is 23.8 Å². The summed E-state index contributed by atoms with van der Waals surface area (Å²) >= 11 is 0. The molecule has 0 saturated heterocycles. The molecule has 1 aliphatic rings. The number of azide groups is 1. The fraction of sp³-hybridized carbons (Fsp3) is 0.500. The lowest BCUT2D eigenvalue weighted by Gasteiger charge is -2.16. The van der Waals surface area contributed by atoms with Gasteiger partial charge >= 0.3 is 0 Å². The van der Waals surface area contributed by atoms with Gasteiger partial charge in [-0.15, -0.1) is 0 Å². The van der Waals surface area contributed by atoms with Crippen LogP contribution in [0.2, 0.25) is 0 Å². The molecule has 1 rings (SSSR count). The second-order valence-corrected chi connectivity index (χ2v) is 2.56. The zero-order chi connectivity index (χ0) is 8.10. The number of rotatable bonds is 2. The van der Waals surface area contributed by atoms with Crippen LogP contribution >= 0.6 is 0 Å². The van der Waals surface area contributed by atoms with Crippen molar-refractivity contribution in [1.82, 2.24) is 0 Å². The molecular formula is C8H11N3. The van der Waals surface area contributed by atoms with E-state index in [1.54, 1.807) is 6.08 Å². The molecule has 0 bridgehead atoms. The Labute approximate surface area is 66.0 Å². The quantitative estimate of drug-likeness (QED) is 0.329. The fourth-order valence-electron chi connectivity index (χ4n) is 1.29. The Morgan fingerprint density at radius 2 is 2.64 bits per heavy atom. The van der Waals surface area contributed by atoms with Gasteiger partial charge in [-0.05, 0) is 30.4 Å². The number of nitrogens with zero attached hydrogens (tertiary/aromatic N) is 3. The van der Waals surface area contributed by atoms with Crippen LogP contribution in [0.15, 0.2) is 29.4 Å². The van der Waals surface area contributed by atoms with Crippen molar-refractivity contribution in [2.75, 3.05) is 0 Å². The fourth-order valence-corrected chi connectivity index (χ4v) is 1.29. The van der Waals surface area contributed by atoms with Gasteiger partial charge in [0.15, 0.2) is 0 Å². The van der Waals surface area contributed by atoms with Crippen LogP contribution < -0.4 is 0 Å². The van der Waals surface area contributed by atoms with Gasteiger partial charge in [0.05, 0.1) is 6.04 Å². The summed E-state index contributed by atoms with van der Waals surface area (Å²) in [6.07, 6.45) is 7.02. The SMILES string of the molecule is C=CC1=CCCCC1N=[N+]=[N-]. The van der Waals surface area contributed by atoms with E-state index in [9.17, 15) is 0 Å². The van der Waals surface area contributed by atoms with Crippen LogP contribution in [-0.4, -0.2) is 6.04 Å². The Hall–Kier alpha value is -1.21. The Morgan fingerprint density at radius 1 is 1.82 bits per heavy atom. The maximum atomic E-state index is 8.23. The van der Waals surface area contributed by atoms with Crippen LogP contribution in [0.3, 0.4) is 0 Å². The molecule has 0 aromatic rings. The summed E-state index contributed by atoms with van der Waals surface area (Å²) < 4.78 is 0. The van der Waals surface area contributed by atoms with Gasteiger partial charge in [-0.3, -0.25) is 0 Å². The van der Waals surface area contributed by atoms with Gasteiger partial charge < -0.3 is 0 Å². The molecule has 3 heteroatoms. The molecule has 0 aromatic heterocycles. The van der Waals surface area contributed by atoms with Crippen molar-refractivity contribution in [3.8, 4) is 0 Å². The zero-order valence-corrected chi connectivity index (χ0v) is 6.40. The molecule has 1 unspecified atom stereocenters. The molecule has 0 radical (unpaired) electrons. The third kappa shape index (κ3) is 1.85. The van der Waals surface area contributed by atoms with Crippen LogP contribution in [0.25, 0.3) is 10.4 Å². The number of hydrogen-bond donors (Lipinski definition) is 0. The molecule has 0 heterocycles. The highest BCUT2D eigenvalue weighted by molar-refractivity contribution is 5.24. The van der Waals surface area contributed by atoms with Gasteiger partial charge in [0.25, 0.3) is 0 Å². The van der Waals surface area contributed by atoms with Crippen LogP contribution in [0, 0.1) is 0 Å². The van der Waals surface area contributed by atoms with E-state index in [1.165, 1.54) is 0 Å². The summed E-state index contributed by atoms with van der Waals surface area (Å²) in [6, 6.07) is 0.0336. The highest BCUT2D eigenvalue weighted by Gasteiger charge is 2.12. The van der Waals surface area contributed by atoms with Gasteiger partial charge in [-0.2, -0.15) is 0 Å². The van der Waals surface area contributed by atoms with Gasteiger partial charge in [-0.25, -0.2) is 0 Å². The molecule has 0 spiro atoms. The second-order valence-electron chi connectivity index (χ2n) is 2.56. The first-order valence-electron chi connectivity index (χ1n) is 3.75. The minimum Gasteiger partial charge on any atom is -0.0988 e. The Morgan fingerprint density at radius 3 is 3.27 bits per heavy atom. The molecule has 1 aliphatic carbocycles. The van der Waals surface area contributed by atoms with Crippen LogP contribution in [0.5, 0.6) is 0 Å². The van der Waals surface area contributed by atoms with Crippen molar-refractivity contribution in [1.29, 1.82) is 0 Å². The van der Waals surface area contributed by atoms with Crippen LogP contribution in [0.4, 0.5) is 0 Å². The molecule has 0 amide bonds. The smallest absolute Gasteiger partial charge is 0.0622 e. The first-order chi connectivity index (χ1) is 5.38. The lowest BCUT2D eigenvalue weighted by atomic mass is 9.95. The van der Waals surface area contributed by atoms with Crippen molar-refractivity contribution in [3.63, 3.8) is 0 Å².